The molecule has 0 fully saturated rings. The molecule has 0 saturated heterocycles. The molecule has 1 amide bonds. The van der Waals surface area contributed by atoms with Crippen LogP contribution in [0.3, 0.4) is 0 Å². The standard InChI is InChI=1S/C20H23ClN2O4/c1-5-15(13-6-8-14(21)9-7-13)22-17(25)10-16-18(20(26)27-4)11(2)19(23-16)12(3)24/h6-9,15,23H,5,10H2,1-4H3,(H,22,25). The lowest BCUT2D eigenvalue weighted by atomic mass is 10.0. The number of benzene rings is 1. The van der Waals surface area contributed by atoms with E-state index in [1.165, 1.54) is 14.0 Å². The molecule has 0 saturated carbocycles. The van der Waals surface area contributed by atoms with Crippen molar-refractivity contribution in [3.05, 3.63) is 57.4 Å². The summed E-state index contributed by atoms with van der Waals surface area (Å²) in [6.45, 7) is 5.02. The number of esters is 1. The Balaban J connectivity index is 2.23. The minimum Gasteiger partial charge on any atom is -0.465 e. The van der Waals surface area contributed by atoms with Crippen molar-refractivity contribution < 1.29 is 19.1 Å². The number of H-pyrrole nitrogens is 1. The summed E-state index contributed by atoms with van der Waals surface area (Å²) in [5.41, 5.74) is 2.34. The van der Waals surface area contributed by atoms with E-state index in [9.17, 15) is 14.4 Å². The van der Waals surface area contributed by atoms with Gasteiger partial charge in [0, 0.05) is 17.6 Å². The molecular weight excluding hydrogens is 368 g/mol. The summed E-state index contributed by atoms with van der Waals surface area (Å²) in [5, 5.41) is 3.58. The van der Waals surface area contributed by atoms with Gasteiger partial charge in [0.05, 0.1) is 30.8 Å². The van der Waals surface area contributed by atoms with Crippen LogP contribution in [0.15, 0.2) is 24.3 Å². The van der Waals surface area contributed by atoms with Crippen LogP contribution in [0.2, 0.25) is 5.02 Å². The Morgan fingerprint density at radius 2 is 1.85 bits per heavy atom. The lowest BCUT2D eigenvalue weighted by Gasteiger charge is -2.17. The SMILES string of the molecule is CCC(NC(=O)Cc1[nH]c(C(C)=O)c(C)c1C(=O)OC)c1ccc(Cl)cc1. The number of halogens is 1. The predicted molar refractivity (Wildman–Crippen MR) is 103 cm³/mol. The summed E-state index contributed by atoms with van der Waals surface area (Å²) < 4.78 is 4.80. The van der Waals surface area contributed by atoms with Gasteiger partial charge in [-0.3, -0.25) is 9.59 Å². The van der Waals surface area contributed by atoms with Crippen LogP contribution in [0, 0.1) is 6.92 Å². The van der Waals surface area contributed by atoms with Gasteiger partial charge in [0.1, 0.15) is 0 Å². The van der Waals surface area contributed by atoms with Gasteiger partial charge in [-0.15, -0.1) is 0 Å². The molecule has 0 aliphatic carbocycles. The molecule has 0 radical (unpaired) electrons. The molecule has 1 atom stereocenters. The van der Waals surface area contributed by atoms with Crippen LogP contribution < -0.4 is 5.32 Å². The summed E-state index contributed by atoms with van der Waals surface area (Å²) in [7, 11) is 1.26. The predicted octanol–water partition coefficient (Wildman–Crippen LogP) is 3.78. The van der Waals surface area contributed by atoms with Crippen LogP contribution in [0.5, 0.6) is 0 Å². The second kappa shape index (κ2) is 8.86. The lowest BCUT2D eigenvalue weighted by molar-refractivity contribution is -0.121. The maximum Gasteiger partial charge on any atom is 0.339 e. The van der Waals surface area contributed by atoms with Gasteiger partial charge in [0.15, 0.2) is 5.78 Å². The molecule has 0 bridgehead atoms. The van der Waals surface area contributed by atoms with Gasteiger partial charge >= 0.3 is 5.97 Å². The third-order valence-electron chi connectivity index (χ3n) is 4.42. The molecule has 0 spiro atoms. The number of carbonyl (C=O) groups is 3. The molecule has 1 heterocycles. The fourth-order valence-electron chi connectivity index (χ4n) is 3.04. The van der Waals surface area contributed by atoms with E-state index in [1.54, 1.807) is 19.1 Å². The van der Waals surface area contributed by atoms with Gasteiger partial charge in [-0.2, -0.15) is 0 Å². The zero-order valence-electron chi connectivity index (χ0n) is 15.8. The van der Waals surface area contributed by atoms with Gasteiger partial charge in [-0.05, 0) is 36.6 Å². The van der Waals surface area contributed by atoms with Crippen molar-refractivity contribution in [2.45, 2.75) is 39.7 Å². The third kappa shape index (κ3) is 4.77. The maximum absolute atomic E-state index is 12.6. The van der Waals surface area contributed by atoms with Crippen LogP contribution in [0.25, 0.3) is 0 Å². The molecule has 6 nitrogen and oxygen atoms in total. The van der Waals surface area contributed by atoms with Crippen LogP contribution in [-0.4, -0.2) is 29.8 Å². The fourth-order valence-corrected chi connectivity index (χ4v) is 3.17. The van der Waals surface area contributed by atoms with Gasteiger partial charge in [0.25, 0.3) is 0 Å². The molecule has 7 heteroatoms. The molecule has 1 unspecified atom stereocenters. The Hall–Kier alpha value is -2.60. The smallest absolute Gasteiger partial charge is 0.339 e. The number of methoxy groups -OCH3 is 1. The zero-order valence-corrected chi connectivity index (χ0v) is 16.6. The topological polar surface area (TPSA) is 88.3 Å². The van der Waals surface area contributed by atoms with Crippen LogP contribution in [0.1, 0.15) is 64.0 Å². The molecule has 27 heavy (non-hydrogen) atoms. The number of hydrogen-bond donors (Lipinski definition) is 2. The van der Waals surface area contributed by atoms with E-state index in [-0.39, 0.29) is 29.7 Å². The van der Waals surface area contributed by atoms with Crippen molar-refractivity contribution in [1.82, 2.24) is 10.3 Å². The largest absolute Gasteiger partial charge is 0.465 e. The first-order chi connectivity index (χ1) is 12.8. The molecule has 0 aliphatic rings. The Bertz CT molecular complexity index is 856. The van der Waals surface area contributed by atoms with Gasteiger partial charge in [0.2, 0.25) is 5.91 Å². The number of hydrogen-bond acceptors (Lipinski definition) is 4. The monoisotopic (exact) mass is 390 g/mol. The van der Waals surface area contributed by atoms with E-state index in [2.05, 4.69) is 10.3 Å². The molecule has 2 aromatic rings. The van der Waals surface area contributed by atoms with E-state index in [1.807, 2.05) is 19.1 Å². The summed E-state index contributed by atoms with van der Waals surface area (Å²) in [6, 6.07) is 7.09. The molecule has 1 aromatic carbocycles. The minimum absolute atomic E-state index is 0.0668. The van der Waals surface area contributed by atoms with Crippen molar-refractivity contribution in [2.75, 3.05) is 7.11 Å². The number of nitrogens with one attached hydrogen (secondary N) is 2. The minimum atomic E-state index is -0.580. The van der Waals surface area contributed by atoms with Crippen molar-refractivity contribution in [2.24, 2.45) is 0 Å². The number of carbonyl (C=O) groups excluding carboxylic acids is 3. The highest BCUT2D eigenvalue weighted by molar-refractivity contribution is 6.30. The summed E-state index contributed by atoms with van der Waals surface area (Å²) in [6.07, 6.45) is 0.627. The highest BCUT2D eigenvalue weighted by Crippen LogP contribution is 2.22. The zero-order chi connectivity index (χ0) is 20.1. The van der Waals surface area contributed by atoms with E-state index in [0.717, 1.165) is 5.56 Å². The molecule has 144 valence electrons. The number of aromatic nitrogens is 1. The number of ether oxygens (including phenoxy) is 1. The van der Waals surface area contributed by atoms with Crippen LogP contribution in [-0.2, 0) is 16.0 Å². The highest BCUT2D eigenvalue weighted by atomic mass is 35.5. The number of rotatable bonds is 7. The average molecular weight is 391 g/mol. The first kappa shape index (κ1) is 20.7. The number of aromatic amines is 1. The normalized spacial score (nSPS) is 11.7. The number of amides is 1. The van der Waals surface area contributed by atoms with Crippen LogP contribution in [0.4, 0.5) is 0 Å². The van der Waals surface area contributed by atoms with Crippen molar-refractivity contribution in [1.29, 1.82) is 0 Å². The van der Waals surface area contributed by atoms with Crippen molar-refractivity contribution in [3.8, 4) is 0 Å². The number of ketones is 1. The maximum atomic E-state index is 12.6. The first-order valence-corrected chi connectivity index (χ1v) is 9.01. The molecule has 1 aromatic heterocycles. The molecule has 2 N–H and O–H groups in total. The van der Waals surface area contributed by atoms with Crippen LogP contribution >= 0.6 is 11.6 Å². The summed E-state index contributed by atoms with van der Waals surface area (Å²) in [5.74, 6) is -1.06. The fraction of sp³-hybridized carbons (Fsp3) is 0.350. The van der Waals surface area contributed by atoms with E-state index in [4.69, 9.17) is 16.3 Å². The second-order valence-corrected chi connectivity index (χ2v) is 6.72. The Morgan fingerprint density at radius 1 is 1.22 bits per heavy atom. The Labute approximate surface area is 163 Å². The Kier molecular flexibility index (Phi) is 6.80. The second-order valence-electron chi connectivity index (χ2n) is 6.28. The first-order valence-electron chi connectivity index (χ1n) is 8.63. The van der Waals surface area contributed by atoms with Gasteiger partial charge < -0.3 is 15.0 Å². The van der Waals surface area contributed by atoms with Gasteiger partial charge in [-0.1, -0.05) is 30.7 Å². The lowest BCUT2D eigenvalue weighted by Crippen LogP contribution is -2.30. The summed E-state index contributed by atoms with van der Waals surface area (Å²) >= 11 is 5.91. The number of Topliss-reactive ketones (excluding diaryl/α,β-unsaturated/α-hetero) is 1. The van der Waals surface area contributed by atoms with E-state index in [0.29, 0.717) is 28.4 Å². The van der Waals surface area contributed by atoms with E-state index < -0.39 is 5.97 Å². The molecule has 0 aliphatic heterocycles. The average Bonchev–Trinajstić information content (AvgIpc) is 2.96. The quantitative estimate of drug-likeness (QED) is 0.556. The van der Waals surface area contributed by atoms with Gasteiger partial charge in [-0.25, -0.2) is 4.79 Å². The molecule has 2 rings (SSSR count). The summed E-state index contributed by atoms with van der Waals surface area (Å²) in [4.78, 5) is 39.4. The highest BCUT2D eigenvalue weighted by Gasteiger charge is 2.25. The van der Waals surface area contributed by atoms with Crippen molar-refractivity contribution in [3.63, 3.8) is 0 Å². The molecular formula is C20H23ClN2O4. The van der Waals surface area contributed by atoms with Crippen molar-refractivity contribution >= 4 is 29.3 Å². The van der Waals surface area contributed by atoms with E-state index >= 15 is 0 Å². The Morgan fingerprint density at radius 3 is 2.37 bits per heavy atom. The third-order valence-corrected chi connectivity index (χ3v) is 4.67.